The molecule has 1 heterocycles. The summed E-state index contributed by atoms with van der Waals surface area (Å²) in [6, 6.07) is -1.19. The summed E-state index contributed by atoms with van der Waals surface area (Å²) in [5, 5.41) is 21.7. The number of fused-ring (bicyclic) bond motifs is 1. The molecule has 0 radical (unpaired) electrons. The number of carbonyl (C=O) groups excluding carboxylic acids is 3. The predicted molar refractivity (Wildman–Crippen MR) is 118 cm³/mol. The minimum absolute atomic E-state index is 0.0466. The highest BCUT2D eigenvalue weighted by Gasteiger charge is 2.54. The van der Waals surface area contributed by atoms with E-state index >= 15 is 0 Å². The zero-order chi connectivity index (χ0) is 24.0. The van der Waals surface area contributed by atoms with E-state index in [4.69, 9.17) is 0 Å². The molecule has 1 aliphatic heterocycles. The first kappa shape index (κ1) is 24.4. The smallest absolute Gasteiger partial charge is 0.335 e. The molecule has 32 heavy (non-hydrogen) atoms. The fourth-order valence-electron chi connectivity index (χ4n) is 6.13. The Morgan fingerprint density at radius 2 is 1.88 bits per heavy atom. The summed E-state index contributed by atoms with van der Waals surface area (Å²) in [6.07, 6.45) is 7.74. The number of hydrogen-bond acceptors (Lipinski definition) is 5. The maximum Gasteiger partial charge on any atom is 0.335 e. The zero-order valence-electron chi connectivity index (χ0n) is 19.5. The average molecular weight is 446 g/mol. The van der Waals surface area contributed by atoms with Crippen molar-refractivity contribution >= 4 is 23.4 Å². The van der Waals surface area contributed by atoms with Crippen LogP contribution in [0.4, 0.5) is 0 Å². The molecule has 0 unspecified atom stereocenters. The van der Waals surface area contributed by atoms with E-state index in [2.05, 4.69) is 31.3 Å². The van der Waals surface area contributed by atoms with Gasteiger partial charge in [-0.1, -0.05) is 37.6 Å². The van der Waals surface area contributed by atoms with Crippen LogP contribution >= 0.6 is 0 Å². The van der Waals surface area contributed by atoms with Gasteiger partial charge in [0.1, 0.15) is 0 Å². The lowest BCUT2D eigenvalue weighted by molar-refractivity contribution is -0.158. The summed E-state index contributed by atoms with van der Waals surface area (Å²) in [5.74, 6) is -4.21. The number of carbonyl (C=O) groups is 4. The maximum atomic E-state index is 13.9. The Morgan fingerprint density at radius 3 is 2.47 bits per heavy atom. The molecular weight excluding hydrogens is 410 g/mol. The molecule has 1 amide bonds. The van der Waals surface area contributed by atoms with E-state index in [0.29, 0.717) is 5.92 Å². The van der Waals surface area contributed by atoms with E-state index in [0.717, 1.165) is 25.3 Å². The molecule has 2 fully saturated rings. The Morgan fingerprint density at radius 1 is 1.22 bits per heavy atom. The van der Waals surface area contributed by atoms with E-state index in [1.807, 2.05) is 19.9 Å². The van der Waals surface area contributed by atoms with Gasteiger partial charge in [-0.3, -0.25) is 14.4 Å². The van der Waals surface area contributed by atoms with Crippen molar-refractivity contribution in [2.45, 2.75) is 65.5 Å². The molecular formula is C25H35NO6. The predicted octanol–water partition coefficient (Wildman–Crippen LogP) is 2.53. The molecule has 3 N–H and O–H groups in total. The van der Waals surface area contributed by atoms with Gasteiger partial charge in [-0.2, -0.15) is 0 Å². The summed E-state index contributed by atoms with van der Waals surface area (Å²) in [4.78, 5) is 51.0. The normalized spacial score (nSPS) is 39.2. The van der Waals surface area contributed by atoms with Gasteiger partial charge in [-0.05, 0) is 57.3 Å². The van der Waals surface area contributed by atoms with Crippen LogP contribution in [-0.2, 0) is 19.2 Å². The van der Waals surface area contributed by atoms with Crippen molar-refractivity contribution in [1.29, 1.82) is 0 Å². The third kappa shape index (κ3) is 4.32. The molecule has 7 nitrogen and oxygen atoms in total. The van der Waals surface area contributed by atoms with Crippen LogP contribution in [0.25, 0.3) is 0 Å². The monoisotopic (exact) mass is 445 g/mol. The molecule has 2 aliphatic carbocycles. The number of amides is 1. The van der Waals surface area contributed by atoms with Gasteiger partial charge in [-0.15, -0.1) is 0 Å². The average Bonchev–Trinajstić information content (AvgIpc) is 2.98. The lowest BCUT2D eigenvalue weighted by Gasteiger charge is -2.47. The van der Waals surface area contributed by atoms with Gasteiger partial charge in [0.05, 0.1) is 6.04 Å². The third-order valence-electron chi connectivity index (χ3n) is 7.83. The molecule has 7 heteroatoms. The van der Waals surface area contributed by atoms with Crippen LogP contribution in [0.5, 0.6) is 0 Å². The van der Waals surface area contributed by atoms with Crippen molar-refractivity contribution in [3.05, 3.63) is 23.8 Å². The number of nitrogens with one attached hydrogen (secondary N) is 1. The summed E-state index contributed by atoms with van der Waals surface area (Å²) >= 11 is 0. The summed E-state index contributed by atoms with van der Waals surface area (Å²) < 4.78 is 0. The Bertz CT molecular complexity index is 872. The highest BCUT2D eigenvalue weighted by atomic mass is 16.4. The number of aliphatic carboxylic acids is 1. The SMILES string of the molecule is C/C=C(\C)[C@H]1C=C[C@@H]2C[C@H](C)C[C@H](C)[C@@H]2[C@@H]1C(=O)[C@@H]1C(=O)N[C@@H](C[C@](C)(O)C(=O)O)C1=O. The molecule has 0 spiro atoms. The number of ketones is 2. The first-order valence-electron chi connectivity index (χ1n) is 11.5. The number of carboxylic acid groups (broad SMARTS) is 1. The Balaban J connectivity index is 1.94. The molecule has 3 rings (SSSR count). The molecule has 0 aromatic rings. The Hall–Kier alpha value is -2.28. The van der Waals surface area contributed by atoms with E-state index in [9.17, 15) is 29.4 Å². The van der Waals surface area contributed by atoms with Crippen LogP contribution in [0.15, 0.2) is 23.8 Å². The number of hydrogen-bond donors (Lipinski definition) is 3. The number of rotatable bonds is 6. The molecule has 176 valence electrons. The van der Waals surface area contributed by atoms with Gasteiger partial charge in [0.25, 0.3) is 0 Å². The van der Waals surface area contributed by atoms with E-state index in [1.54, 1.807) is 0 Å². The molecule has 0 bridgehead atoms. The molecule has 3 aliphatic rings. The number of allylic oxidation sites excluding steroid dienone is 4. The van der Waals surface area contributed by atoms with Crippen molar-refractivity contribution in [2.75, 3.05) is 0 Å². The van der Waals surface area contributed by atoms with Gasteiger partial charge in [0.2, 0.25) is 5.91 Å². The van der Waals surface area contributed by atoms with Gasteiger partial charge >= 0.3 is 5.97 Å². The van der Waals surface area contributed by atoms with Crippen LogP contribution in [0.1, 0.15) is 53.9 Å². The Kier molecular flexibility index (Phi) is 6.80. The number of aliphatic hydroxyl groups is 1. The van der Waals surface area contributed by atoms with Crippen LogP contribution in [0, 0.1) is 41.4 Å². The minimum atomic E-state index is -2.18. The van der Waals surface area contributed by atoms with Crippen molar-refractivity contribution in [1.82, 2.24) is 5.32 Å². The van der Waals surface area contributed by atoms with Gasteiger partial charge in [0, 0.05) is 18.3 Å². The van der Waals surface area contributed by atoms with Crippen molar-refractivity contribution in [3.63, 3.8) is 0 Å². The van der Waals surface area contributed by atoms with E-state index in [-0.39, 0.29) is 29.5 Å². The lowest BCUT2D eigenvalue weighted by atomic mass is 9.56. The zero-order valence-corrected chi connectivity index (χ0v) is 19.5. The van der Waals surface area contributed by atoms with Crippen molar-refractivity contribution in [2.24, 2.45) is 41.4 Å². The van der Waals surface area contributed by atoms with Gasteiger partial charge < -0.3 is 15.5 Å². The van der Waals surface area contributed by atoms with Gasteiger partial charge in [0.15, 0.2) is 23.1 Å². The topological polar surface area (TPSA) is 121 Å². The molecule has 0 aromatic heterocycles. The van der Waals surface area contributed by atoms with Crippen molar-refractivity contribution in [3.8, 4) is 0 Å². The second kappa shape index (κ2) is 8.93. The maximum absolute atomic E-state index is 13.9. The van der Waals surface area contributed by atoms with E-state index < -0.39 is 47.6 Å². The summed E-state index contributed by atoms with van der Waals surface area (Å²) in [7, 11) is 0. The van der Waals surface area contributed by atoms with Gasteiger partial charge in [-0.25, -0.2) is 4.79 Å². The van der Waals surface area contributed by atoms with Crippen molar-refractivity contribution < 1.29 is 29.4 Å². The van der Waals surface area contributed by atoms with Crippen LogP contribution in [0.3, 0.4) is 0 Å². The third-order valence-corrected chi connectivity index (χ3v) is 7.83. The quantitative estimate of drug-likeness (QED) is 0.427. The van der Waals surface area contributed by atoms with Crippen LogP contribution in [-0.4, -0.2) is 45.3 Å². The Labute approximate surface area is 189 Å². The second-order valence-corrected chi connectivity index (χ2v) is 10.3. The fraction of sp³-hybridized carbons (Fsp3) is 0.680. The number of Topliss-reactive ketones (excluding diaryl/α,β-unsaturated/α-hetero) is 2. The fourth-order valence-corrected chi connectivity index (χ4v) is 6.13. The number of carboxylic acids is 1. The molecule has 1 saturated heterocycles. The first-order chi connectivity index (χ1) is 14.9. The van der Waals surface area contributed by atoms with Crippen LogP contribution in [0.2, 0.25) is 0 Å². The standard InChI is InChI=1S/C25H35NO6/c1-6-13(3)16-8-7-15-10-12(2)9-14(4)18(15)19(16)22(28)20-21(27)17(26-23(20)29)11-25(5,32)24(30)31/h6-8,12,14-20,32H,9-11H2,1-5H3,(H,26,29)(H,30,31)/b13-6+/t12-,14+,15-,16-,17+,18+,19-,20-,25+/m1/s1. The molecule has 1 saturated carbocycles. The second-order valence-electron chi connectivity index (χ2n) is 10.3. The molecule has 0 aromatic carbocycles. The highest BCUT2D eigenvalue weighted by Crippen LogP contribution is 2.50. The van der Waals surface area contributed by atoms with Crippen LogP contribution < -0.4 is 5.32 Å². The highest BCUT2D eigenvalue weighted by molar-refractivity contribution is 6.25. The largest absolute Gasteiger partial charge is 0.479 e. The first-order valence-corrected chi connectivity index (χ1v) is 11.5. The molecule has 9 atom stereocenters. The minimum Gasteiger partial charge on any atom is -0.479 e. The summed E-state index contributed by atoms with van der Waals surface area (Å²) in [6.45, 7) is 9.33. The lowest BCUT2D eigenvalue weighted by Crippen LogP contribution is -2.48. The summed E-state index contributed by atoms with van der Waals surface area (Å²) in [5.41, 5.74) is -1.15. The van der Waals surface area contributed by atoms with E-state index in [1.165, 1.54) is 0 Å².